The third-order valence-electron chi connectivity index (χ3n) is 4.73. The van der Waals surface area contributed by atoms with Gasteiger partial charge in [-0.15, -0.1) is 0 Å². The van der Waals surface area contributed by atoms with E-state index in [9.17, 15) is 5.26 Å². The molecule has 0 spiro atoms. The fraction of sp³-hybridized carbons (Fsp3) is 0.333. The van der Waals surface area contributed by atoms with Gasteiger partial charge in [0.1, 0.15) is 6.07 Å². The lowest BCUT2D eigenvalue weighted by Gasteiger charge is -2.12. The minimum Gasteiger partial charge on any atom is -0.490 e. The first-order chi connectivity index (χ1) is 14.2. The minimum absolute atomic E-state index is 0.503. The number of para-hydroxylation sites is 2. The predicted molar refractivity (Wildman–Crippen MR) is 117 cm³/mol. The van der Waals surface area contributed by atoms with E-state index in [0.29, 0.717) is 30.4 Å². The predicted octanol–water partition coefficient (Wildman–Crippen LogP) is 5.61. The topological polar surface area (TPSA) is 60.1 Å². The molecule has 29 heavy (non-hydrogen) atoms. The summed E-state index contributed by atoms with van der Waals surface area (Å²) in [6, 6.07) is 15.9. The van der Waals surface area contributed by atoms with Crippen molar-refractivity contribution in [2.24, 2.45) is 7.05 Å². The largest absolute Gasteiger partial charge is 0.490 e. The molecular formula is C24H27N3O2. The highest BCUT2D eigenvalue weighted by Gasteiger charge is 2.13. The Morgan fingerprint density at radius 2 is 1.93 bits per heavy atom. The summed E-state index contributed by atoms with van der Waals surface area (Å²) in [5.41, 5.74) is 3.24. The van der Waals surface area contributed by atoms with Gasteiger partial charge in [-0.3, -0.25) is 0 Å². The van der Waals surface area contributed by atoms with Crippen molar-refractivity contribution in [3.05, 3.63) is 53.9 Å². The summed E-state index contributed by atoms with van der Waals surface area (Å²) >= 11 is 0. The van der Waals surface area contributed by atoms with E-state index in [1.54, 1.807) is 0 Å². The first-order valence-corrected chi connectivity index (χ1v) is 10.1. The van der Waals surface area contributed by atoms with E-state index in [0.717, 1.165) is 41.6 Å². The molecule has 0 aliphatic rings. The van der Waals surface area contributed by atoms with Gasteiger partial charge in [0.05, 0.1) is 29.8 Å². The molecule has 0 fully saturated rings. The van der Waals surface area contributed by atoms with E-state index in [1.807, 2.05) is 67.1 Å². The average Bonchev–Trinajstić information content (AvgIpc) is 3.07. The maximum Gasteiger partial charge on any atom is 0.161 e. The molecule has 0 saturated carbocycles. The fourth-order valence-electron chi connectivity index (χ4n) is 3.24. The number of hydrogen-bond acceptors (Lipinski definition) is 4. The summed E-state index contributed by atoms with van der Waals surface area (Å²) in [6.07, 6.45) is 5.17. The van der Waals surface area contributed by atoms with Crippen LogP contribution in [0.2, 0.25) is 0 Å². The van der Waals surface area contributed by atoms with Gasteiger partial charge in [-0.2, -0.15) is 5.26 Å². The Morgan fingerprint density at radius 3 is 2.66 bits per heavy atom. The Bertz CT molecular complexity index is 1040. The lowest BCUT2D eigenvalue weighted by Crippen LogP contribution is -2.01. The van der Waals surface area contributed by atoms with E-state index in [2.05, 4.69) is 18.0 Å². The molecule has 2 aromatic carbocycles. The van der Waals surface area contributed by atoms with Gasteiger partial charge in [0.2, 0.25) is 0 Å². The molecule has 0 aliphatic heterocycles. The van der Waals surface area contributed by atoms with Crippen LogP contribution in [0.3, 0.4) is 0 Å². The van der Waals surface area contributed by atoms with Crippen molar-refractivity contribution < 1.29 is 9.47 Å². The standard InChI is InChI=1S/C24H27N3O2/c1-4-6-9-14-29-22-13-12-18(16-23(22)28-5-2)15-19(17-25)24-26-20-10-7-8-11-21(20)27(24)3/h7-8,10-13,15-16H,4-6,9,14H2,1-3H3/b19-15-. The van der Waals surface area contributed by atoms with Crippen molar-refractivity contribution in [1.29, 1.82) is 5.26 Å². The van der Waals surface area contributed by atoms with Crippen LogP contribution >= 0.6 is 0 Å². The van der Waals surface area contributed by atoms with Gasteiger partial charge in [-0.1, -0.05) is 38.0 Å². The van der Waals surface area contributed by atoms with Gasteiger partial charge in [0.15, 0.2) is 17.3 Å². The summed E-state index contributed by atoms with van der Waals surface area (Å²) in [7, 11) is 1.93. The maximum absolute atomic E-state index is 9.76. The molecule has 0 radical (unpaired) electrons. The molecule has 0 saturated heterocycles. The van der Waals surface area contributed by atoms with Gasteiger partial charge < -0.3 is 14.0 Å². The molecule has 0 aliphatic carbocycles. The molecule has 150 valence electrons. The van der Waals surface area contributed by atoms with Crippen molar-refractivity contribution in [3.8, 4) is 17.6 Å². The second kappa shape index (κ2) is 9.79. The van der Waals surface area contributed by atoms with Crippen LogP contribution in [0, 0.1) is 11.3 Å². The number of rotatable bonds is 9. The second-order valence-electron chi connectivity index (χ2n) is 6.85. The van der Waals surface area contributed by atoms with Gasteiger partial charge in [-0.25, -0.2) is 4.98 Å². The van der Waals surface area contributed by atoms with Crippen LogP contribution in [0.25, 0.3) is 22.7 Å². The molecule has 1 aromatic heterocycles. The van der Waals surface area contributed by atoms with Crippen LogP contribution in [0.1, 0.15) is 44.5 Å². The molecule has 0 atom stereocenters. The molecule has 0 N–H and O–H groups in total. The number of benzene rings is 2. The van der Waals surface area contributed by atoms with Crippen molar-refractivity contribution >= 4 is 22.7 Å². The minimum atomic E-state index is 0.503. The Labute approximate surface area is 172 Å². The van der Waals surface area contributed by atoms with Crippen LogP contribution in [0.15, 0.2) is 42.5 Å². The molecule has 3 aromatic rings. The molecule has 3 rings (SSSR count). The lowest BCUT2D eigenvalue weighted by atomic mass is 10.1. The maximum atomic E-state index is 9.76. The summed E-state index contributed by atoms with van der Waals surface area (Å²) in [5, 5.41) is 9.76. The zero-order valence-electron chi connectivity index (χ0n) is 17.3. The molecule has 5 heteroatoms. The molecule has 1 heterocycles. The van der Waals surface area contributed by atoms with Crippen LogP contribution in [-0.2, 0) is 7.05 Å². The smallest absolute Gasteiger partial charge is 0.161 e. The number of hydrogen-bond donors (Lipinski definition) is 0. The number of ether oxygens (including phenoxy) is 2. The fourth-order valence-corrected chi connectivity index (χ4v) is 3.24. The van der Waals surface area contributed by atoms with Crippen LogP contribution in [0.5, 0.6) is 11.5 Å². The molecule has 0 bridgehead atoms. The number of fused-ring (bicyclic) bond motifs is 1. The third kappa shape index (κ3) is 4.78. The Hall–Kier alpha value is -3.26. The van der Waals surface area contributed by atoms with Crippen molar-refractivity contribution in [2.75, 3.05) is 13.2 Å². The summed E-state index contributed by atoms with van der Waals surface area (Å²) in [6.45, 7) is 5.34. The normalized spacial score (nSPS) is 11.4. The van der Waals surface area contributed by atoms with Crippen molar-refractivity contribution in [2.45, 2.75) is 33.1 Å². The summed E-state index contributed by atoms with van der Waals surface area (Å²) in [4.78, 5) is 4.63. The number of aryl methyl sites for hydroxylation is 1. The number of allylic oxidation sites excluding steroid dienone is 1. The van der Waals surface area contributed by atoms with E-state index in [1.165, 1.54) is 0 Å². The van der Waals surface area contributed by atoms with Crippen molar-refractivity contribution in [3.63, 3.8) is 0 Å². The van der Waals surface area contributed by atoms with Crippen LogP contribution in [-0.4, -0.2) is 22.8 Å². The first-order valence-electron chi connectivity index (χ1n) is 10.1. The highest BCUT2D eigenvalue weighted by atomic mass is 16.5. The van der Waals surface area contributed by atoms with Crippen molar-refractivity contribution in [1.82, 2.24) is 9.55 Å². The van der Waals surface area contributed by atoms with E-state index < -0.39 is 0 Å². The Kier molecular flexibility index (Phi) is 6.91. The number of nitriles is 1. The van der Waals surface area contributed by atoms with Crippen LogP contribution in [0.4, 0.5) is 0 Å². The number of imidazole rings is 1. The molecule has 0 amide bonds. The first kappa shape index (κ1) is 20.5. The van der Waals surface area contributed by atoms with E-state index >= 15 is 0 Å². The molecule has 5 nitrogen and oxygen atoms in total. The third-order valence-corrected chi connectivity index (χ3v) is 4.73. The zero-order valence-corrected chi connectivity index (χ0v) is 17.3. The van der Waals surface area contributed by atoms with E-state index in [4.69, 9.17) is 9.47 Å². The van der Waals surface area contributed by atoms with Gasteiger partial charge in [-0.05, 0) is 49.2 Å². The average molecular weight is 389 g/mol. The number of aromatic nitrogens is 2. The Morgan fingerprint density at radius 1 is 1.10 bits per heavy atom. The number of unbranched alkanes of at least 4 members (excludes halogenated alkanes) is 2. The zero-order chi connectivity index (χ0) is 20.6. The highest BCUT2D eigenvalue weighted by molar-refractivity contribution is 5.91. The lowest BCUT2D eigenvalue weighted by molar-refractivity contribution is 0.271. The summed E-state index contributed by atoms with van der Waals surface area (Å²) < 4.78 is 13.6. The van der Waals surface area contributed by atoms with E-state index in [-0.39, 0.29) is 0 Å². The second-order valence-corrected chi connectivity index (χ2v) is 6.85. The molecular weight excluding hydrogens is 362 g/mol. The SMILES string of the molecule is CCCCCOc1ccc(/C=C(/C#N)c2nc3ccccc3n2C)cc1OCC. The Balaban J connectivity index is 1.91. The summed E-state index contributed by atoms with van der Waals surface area (Å²) in [5.74, 6) is 2.08. The number of nitrogens with zero attached hydrogens (tertiary/aromatic N) is 3. The monoisotopic (exact) mass is 389 g/mol. The quantitative estimate of drug-likeness (QED) is 0.353. The van der Waals surface area contributed by atoms with Gasteiger partial charge >= 0.3 is 0 Å². The van der Waals surface area contributed by atoms with Gasteiger partial charge in [0, 0.05) is 7.05 Å². The highest BCUT2D eigenvalue weighted by Crippen LogP contribution is 2.31. The van der Waals surface area contributed by atoms with Crippen LogP contribution < -0.4 is 9.47 Å². The molecule has 0 unspecified atom stereocenters. The van der Waals surface area contributed by atoms with Gasteiger partial charge in [0.25, 0.3) is 0 Å².